The maximum atomic E-state index is 11.2. The van der Waals surface area contributed by atoms with Crippen LogP contribution in [0.3, 0.4) is 0 Å². The summed E-state index contributed by atoms with van der Waals surface area (Å²) < 4.78 is 22.4. The van der Waals surface area contributed by atoms with Gasteiger partial charge in [0.2, 0.25) is 10.0 Å². The van der Waals surface area contributed by atoms with Crippen molar-refractivity contribution in [3.63, 3.8) is 0 Å². The summed E-state index contributed by atoms with van der Waals surface area (Å²) in [7, 11) is -3.65. The van der Waals surface area contributed by atoms with Crippen LogP contribution in [0, 0.1) is 0 Å². The third-order valence-electron chi connectivity index (χ3n) is 3.05. The van der Waals surface area contributed by atoms with E-state index in [1.165, 1.54) is 12.1 Å². The molecule has 0 radical (unpaired) electrons. The second-order valence-corrected chi connectivity index (χ2v) is 6.29. The van der Waals surface area contributed by atoms with Crippen LogP contribution in [0.5, 0.6) is 0 Å². The van der Waals surface area contributed by atoms with Crippen LogP contribution in [-0.4, -0.2) is 8.42 Å². The van der Waals surface area contributed by atoms with Crippen LogP contribution in [0.4, 0.5) is 0 Å². The maximum Gasteiger partial charge on any atom is 0.238 e. The molecule has 0 saturated carbocycles. The Balaban J connectivity index is 1.90. The lowest BCUT2D eigenvalue weighted by Gasteiger charge is -2.14. The highest BCUT2D eigenvalue weighted by atomic mass is 32.2. The number of hydroxylamine groups is 1. The predicted octanol–water partition coefficient (Wildman–Crippen LogP) is 2.12. The minimum absolute atomic E-state index is 0.0664. The molecule has 0 fully saturated rings. The minimum atomic E-state index is -3.65. The molecule has 1 unspecified atom stereocenters. The zero-order chi connectivity index (χ0) is 15.3. The van der Waals surface area contributed by atoms with E-state index in [9.17, 15) is 8.42 Å². The molecule has 0 heterocycles. The standard InChI is InChI=1S/C15H18N2O3S/c1-12(17-20-11-13-5-3-2-4-6-13)14-7-9-15(10-8-14)21(16,18)19/h2-10,12,17H,11H2,1H3,(H2,16,18,19). The Hall–Kier alpha value is -1.73. The van der Waals surface area contributed by atoms with E-state index in [0.717, 1.165) is 11.1 Å². The van der Waals surface area contributed by atoms with Crippen LogP contribution < -0.4 is 10.6 Å². The highest BCUT2D eigenvalue weighted by Crippen LogP contribution is 2.15. The molecule has 5 nitrogen and oxygen atoms in total. The Morgan fingerprint density at radius 2 is 1.71 bits per heavy atom. The molecule has 0 spiro atoms. The molecular weight excluding hydrogens is 288 g/mol. The molecule has 1 atom stereocenters. The van der Waals surface area contributed by atoms with Crippen molar-refractivity contribution in [1.82, 2.24) is 5.48 Å². The number of primary sulfonamides is 1. The van der Waals surface area contributed by atoms with E-state index in [4.69, 9.17) is 9.98 Å². The smallest absolute Gasteiger partial charge is 0.238 e. The van der Waals surface area contributed by atoms with Gasteiger partial charge in [-0.05, 0) is 30.2 Å². The fraction of sp³-hybridized carbons (Fsp3) is 0.200. The largest absolute Gasteiger partial charge is 0.296 e. The second-order valence-electron chi connectivity index (χ2n) is 4.73. The molecular formula is C15H18N2O3S. The Labute approximate surface area is 124 Å². The van der Waals surface area contributed by atoms with Gasteiger partial charge in [0.15, 0.2) is 0 Å². The average molecular weight is 306 g/mol. The molecule has 0 aromatic heterocycles. The normalized spacial score (nSPS) is 13.0. The van der Waals surface area contributed by atoms with E-state index in [1.54, 1.807) is 12.1 Å². The molecule has 0 aliphatic rings. The van der Waals surface area contributed by atoms with Gasteiger partial charge in [-0.3, -0.25) is 4.84 Å². The van der Waals surface area contributed by atoms with Gasteiger partial charge in [0, 0.05) is 0 Å². The first-order chi connectivity index (χ1) is 9.97. The van der Waals surface area contributed by atoms with Crippen LogP contribution in [-0.2, 0) is 21.5 Å². The molecule has 0 saturated heterocycles. The van der Waals surface area contributed by atoms with Crippen molar-refractivity contribution in [3.05, 3.63) is 65.7 Å². The van der Waals surface area contributed by atoms with Gasteiger partial charge in [-0.15, -0.1) is 0 Å². The molecule has 6 heteroatoms. The molecule has 3 N–H and O–H groups in total. The molecule has 0 aliphatic carbocycles. The predicted molar refractivity (Wildman–Crippen MR) is 80.6 cm³/mol. The maximum absolute atomic E-state index is 11.2. The molecule has 2 aromatic rings. The molecule has 2 rings (SSSR count). The lowest BCUT2D eigenvalue weighted by molar-refractivity contribution is 0.00697. The van der Waals surface area contributed by atoms with Gasteiger partial charge in [0.1, 0.15) is 0 Å². The van der Waals surface area contributed by atoms with Gasteiger partial charge in [0.25, 0.3) is 0 Å². The second kappa shape index (κ2) is 6.82. The van der Waals surface area contributed by atoms with Gasteiger partial charge in [-0.2, -0.15) is 5.48 Å². The first kappa shape index (κ1) is 15.7. The Kier molecular flexibility index (Phi) is 5.08. The monoisotopic (exact) mass is 306 g/mol. The Bertz CT molecular complexity index is 670. The zero-order valence-corrected chi connectivity index (χ0v) is 12.5. The van der Waals surface area contributed by atoms with Crippen molar-refractivity contribution < 1.29 is 13.3 Å². The summed E-state index contributed by atoms with van der Waals surface area (Å²) in [6.45, 7) is 2.39. The summed E-state index contributed by atoms with van der Waals surface area (Å²) in [4.78, 5) is 5.54. The SMILES string of the molecule is CC(NOCc1ccccc1)c1ccc(S(N)(=O)=O)cc1. The highest BCUT2D eigenvalue weighted by Gasteiger charge is 2.09. The number of benzene rings is 2. The van der Waals surface area contributed by atoms with Gasteiger partial charge in [-0.25, -0.2) is 13.6 Å². The average Bonchev–Trinajstić information content (AvgIpc) is 2.47. The van der Waals surface area contributed by atoms with E-state index in [2.05, 4.69) is 5.48 Å². The number of sulfonamides is 1. The van der Waals surface area contributed by atoms with Crippen LogP contribution >= 0.6 is 0 Å². The molecule has 0 aliphatic heterocycles. The van der Waals surface area contributed by atoms with E-state index in [-0.39, 0.29) is 10.9 Å². The summed E-state index contributed by atoms with van der Waals surface area (Å²) in [5.41, 5.74) is 4.91. The lowest BCUT2D eigenvalue weighted by Crippen LogP contribution is -2.19. The number of hydrogen-bond donors (Lipinski definition) is 2. The summed E-state index contributed by atoms with van der Waals surface area (Å²) >= 11 is 0. The third-order valence-corrected chi connectivity index (χ3v) is 3.98. The van der Waals surface area contributed by atoms with Crippen molar-refractivity contribution in [3.8, 4) is 0 Å². The summed E-state index contributed by atoms with van der Waals surface area (Å²) in [6.07, 6.45) is 0. The van der Waals surface area contributed by atoms with Crippen LogP contribution in [0.25, 0.3) is 0 Å². The zero-order valence-electron chi connectivity index (χ0n) is 11.7. The van der Waals surface area contributed by atoms with Crippen molar-refractivity contribution in [2.24, 2.45) is 5.14 Å². The number of nitrogens with one attached hydrogen (secondary N) is 1. The Morgan fingerprint density at radius 1 is 1.10 bits per heavy atom. The van der Waals surface area contributed by atoms with Crippen molar-refractivity contribution in [1.29, 1.82) is 0 Å². The van der Waals surface area contributed by atoms with E-state index in [1.807, 2.05) is 37.3 Å². The first-order valence-corrected chi connectivity index (χ1v) is 8.05. The highest BCUT2D eigenvalue weighted by molar-refractivity contribution is 7.89. The van der Waals surface area contributed by atoms with Crippen LogP contribution in [0.2, 0.25) is 0 Å². The van der Waals surface area contributed by atoms with Crippen molar-refractivity contribution >= 4 is 10.0 Å². The summed E-state index contributed by atoms with van der Waals surface area (Å²) in [5.74, 6) is 0. The van der Waals surface area contributed by atoms with Crippen LogP contribution in [0.15, 0.2) is 59.5 Å². The quantitative estimate of drug-likeness (QED) is 0.801. The van der Waals surface area contributed by atoms with Crippen LogP contribution in [0.1, 0.15) is 24.1 Å². The number of hydrogen-bond acceptors (Lipinski definition) is 4. The molecule has 0 amide bonds. The molecule has 0 bridgehead atoms. The van der Waals surface area contributed by atoms with Crippen molar-refractivity contribution in [2.75, 3.05) is 0 Å². The van der Waals surface area contributed by atoms with Crippen molar-refractivity contribution in [2.45, 2.75) is 24.5 Å². The fourth-order valence-corrected chi connectivity index (χ4v) is 2.35. The van der Waals surface area contributed by atoms with E-state index in [0.29, 0.717) is 6.61 Å². The van der Waals surface area contributed by atoms with Gasteiger partial charge in [0.05, 0.1) is 17.5 Å². The molecule has 21 heavy (non-hydrogen) atoms. The number of rotatable bonds is 6. The molecule has 112 valence electrons. The Morgan fingerprint density at radius 3 is 2.29 bits per heavy atom. The van der Waals surface area contributed by atoms with E-state index < -0.39 is 10.0 Å². The minimum Gasteiger partial charge on any atom is -0.296 e. The fourth-order valence-electron chi connectivity index (χ4n) is 1.84. The molecule has 2 aromatic carbocycles. The van der Waals surface area contributed by atoms with Gasteiger partial charge in [-0.1, -0.05) is 42.5 Å². The van der Waals surface area contributed by atoms with Gasteiger partial charge >= 0.3 is 0 Å². The number of nitrogens with two attached hydrogens (primary N) is 1. The third kappa shape index (κ3) is 4.64. The lowest BCUT2D eigenvalue weighted by atomic mass is 10.1. The summed E-state index contributed by atoms with van der Waals surface area (Å²) in [5, 5.41) is 5.06. The topological polar surface area (TPSA) is 81.4 Å². The van der Waals surface area contributed by atoms with E-state index >= 15 is 0 Å². The summed E-state index contributed by atoms with van der Waals surface area (Å²) in [6, 6.07) is 16.1. The van der Waals surface area contributed by atoms with Gasteiger partial charge < -0.3 is 0 Å². The first-order valence-electron chi connectivity index (χ1n) is 6.51.